The standard InChI is InChI=1S/C14H21BrN2O2S/c1-11-5-6-13(15)8-14(11)20(18,19)17-7-3-4-12(10-17)9-16-2/h5-6,8,12,16H,3-4,7,9-10H2,1-2H3. The Hall–Kier alpha value is -0.430. The molecule has 0 aliphatic carbocycles. The van der Waals surface area contributed by atoms with Crippen molar-refractivity contribution in [2.75, 3.05) is 26.7 Å². The lowest BCUT2D eigenvalue weighted by atomic mass is 10.00. The van der Waals surface area contributed by atoms with Crippen molar-refractivity contribution in [2.45, 2.75) is 24.7 Å². The van der Waals surface area contributed by atoms with Crippen molar-refractivity contribution in [3.8, 4) is 0 Å². The summed E-state index contributed by atoms with van der Waals surface area (Å²) in [4.78, 5) is 0.414. The fourth-order valence-corrected chi connectivity index (χ4v) is 5.01. The summed E-state index contributed by atoms with van der Waals surface area (Å²) in [6.45, 7) is 3.93. The number of piperidine rings is 1. The number of rotatable bonds is 4. The molecule has 1 heterocycles. The van der Waals surface area contributed by atoms with Crippen LogP contribution < -0.4 is 5.32 Å². The SMILES string of the molecule is CNCC1CCCN(S(=O)(=O)c2cc(Br)ccc2C)C1. The molecule has 112 valence electrons. The Bertz CT molecular complexity index is 573. The molecule has 0 saturated carbocycles. The number of nitrogens with one attached hydrogen (secondary N) is 1. The van der Waals surface area contributed by atoms with Crippen LogP contribution in [0.1, 0.15) is 18.4 Å². The van der Waals surface area contributed by atoms with E-state index in [9.17, 15) is 8.42 Å². The normalized spacial score (nSPS) is 21.1. The summed E-state index contributed by atoms with van der Waals surface area (Å²) < 4.78 is 28.0. The highest BCUT2D eigenvalue weighted by Gasteiger charge is 2.30. The molecule has 0 amide bonds. The van der Waals surface area contributed by atoms with Gasteiger partial charge in [-0.25, -0.2) is 8.42 Å². The number of sulfonamides is 1. The molecular weight excluding hydrogens is 340 g/mol. The van der Waals surface area contributed by atoms with Gasteiger partial charge in [-0.3, -0.25) is 0 Å². The van der Waals surface area contributed by atoms with Crippen LogP contribution in [-0.2, 0) is 10.0 Å². The third-order valence-corrected chi connectivity index (χ3v) is 6.24. The lowest BCUT2D eigenvalue weighted by molar-refractivity contribution is 0.263. The first kappa shape index (κ1) is 15.9. The monoisotopic (exact) mass is 360 g/mol. The Balaban J connectivity index is 2.27. The Morgan fingerprint density at radius 3 is 2.90 bits per heavy atom. The van der Waals surface area contributed by atoms with Crippen molar-refractivity contribution in [1.29, 1.82) is 0 Å². The topological polar surface area (TPSA) is 49.4 Å². The molecule has 1 aliphatic heterocycles. The summed E-state index contributed by atoms with van der Waals surface area (Å²) in [5, 5.41) is 3.14. The minimum atomic E-state index is -3.39. The van der Waals surface area contributed by atoms with Gasteiger partial charge in [0.2, 0.25) is 10.0 Å². The quantitative estimate of drug-likeness (QED) is 0.896. The first-order valence-corrected chi connectivity index (χ1v) is 9.09. The van der Waals surface area contributed by atoms with E-state index in [1.165, 1.54) is 0 Å². The van der Waals surface area contributed by atoms with Crippen LogP contribution in [0.25, 0.3) is 0 Å². The van der Waals surface area contributed by atoms with E-state index in [-0.39, 0.29) is 0 Å². The molecule has 1 N–H and O–H groups in total. The maximum Gasteiger partial charge on any atom is 0.243 e. The average molecular weight is 361 g/mol. The van der Waals surface area contributed by atoms with E-state index < -0.39 is 10.0 Å². The van der Waals surface area contributed by atoms with Gasteiger partial charge < -0.3 is 5.32 Å². The molecule has 1 unspecified atom stereocenters. The zero-order valence-electron chi connectivity index (χ0n) is 11.9. The van der Waals surface area contributed by atoms with Gasteiger partial charge in [-0.05, 0) is 57.0 Å². The number of hydrogen-bond acceptors (Lipinski definition) is 3. The van der Waals surface area contributed by atoms with E-state index >= 15 is 0 Å². The van der Waals surface area contributed by atoms with Gasteiger partial charge in [0.15, 0.2) is 0 Å². The average Bonchev–Trinajstić information content (AvgIpc) is 2.42. The van der Waals surface area contributed by atoms with Crippen LogP contribution in [0.4, 0.5) is 0 Å². The molecule has 20 heavy (non-hydrogen) atoms. The van der Waals surface area contributed by atoms with E-state index in [0.717, 1.165) is 29.4 Å². The molecule has 1 aromatic rings. The minimum Gasteiger partial charge on any atom is -0.319 e. The second-order valence-electron chi connectivity index (χ2n) is 5.34. The maximum absolute atomic E-state index is 12.8. The Morgan fingerprint density at radius 1 is 1.45 bits per heavy atom. The fourth-order valence-electron chi connectivity index (χ4n) is 2.69. The van der Waals surface area contributed by atoms with Crippen LogP contribution in [0, 0.1) is 12.8 Å². The maximum atomic E-state index is 12.8. The molecular formula is C14H21BrN2O2S. The van der Waals surface area contributed by atoms with Crippen LogP contribution in [-0.4, -0.2) is 39.4 Å². The van der Waals surface area contributed by atoms with Gasteiger partial charge in [0.1, 0.15) is 0 Å². The lowest BCUT2D eigenvalue weighted by Gasteiger charge is -2.32. The zero-order chi connectivity index (χ0) is 14.8. The number of halogens is 1. The third kappa shape index (κ3) is 3.42. The molecule has 1 fully saturated rings. The molecule has 1 aliphatic rings. The molecule has 6 heteroatoms. The van der Waals surface area contributed by atoms with Crippen LogP contribution in [0.2, 0.25) is 0 Å². The van der Waals surface area contributed by atoms with Crippen LogP contribution >= 0.6 is 15.9 Å². The summed E-state index contributed by atoms with van der Waals surface area (Å²) in [6.07, 6.45) is 2.02. The predicted octanol–water partition coefficient (Wildman–Crippen LogP) is 2.38. The zero-order valence-corrected chi connectivity index (χ0v) is 14.3. The molecule has 0 aromatic heterocycles. The molecule has 0 spiro atoms. The molecule has 2 rings (SSSR count). The van der Waals surface area contributed by atoms with E-state index in [4.69, 9.17) is 0 Å². The van der Waals surface area contributed by atoms with E-state index in [2.05, 4.69) is 21.2 Å². The highest BCUT2D eigenvalue weighted by Crippen LogP contribution is 2.27. The minimum absolute atomic E-state index is 0.399. The fraction of sp³-hybridized carbons (Fsp3) is 0.571. The smallest absolute Gasteiger partial charge is 0.243 e. The number of hydrogen-bond donors (Lipinski definition) is 1. The van der Waals surface area contributed by atoms with E-state index in [1.54, 1.807) is 10.4 Å². The highest BCUT2D eigenvalue weighted by molar-refractivity contribution is 9.10. The van der Waals surface area contributed by atoms with Crippen molar-refractivity contribution >= 4 is 26.0 Å². The third-order valence-electron chi connectivity index (χ3n) is 3.74. The summed E-state index contributed by atoms with van der Waals surface area (Å²) in [7, 11) is -1.48. The molecule has 4 nitrogen and oxygen atoms in total. The molecule has 1 saturated heterocycles. The van der Waals surface area contributed by atoms with Crippen molar-refractivity contribution < 1.29 is 8.42 Å². The van der Waals surface area contributed by atoms with Crippen molar-refractivity contribution in [2.24, 2.45) is 5.92 Å². The second-order valence-corrected chi connectivity index (χ2v) is 8.16. The van der Waals surface area contributed by atoms with Crippen molar-refractivity contribution in [3.63, 3.8) is 0 Å². The second kappa shape index (κ2) is 6.56. The Labute approximate surface area is 129 Å². The predicted molar refractivity (Wildman–Crippen MR) is 84.3 cm³/mol. The summed E-state index contributed by atoms with van der Waals surface area (Å²) in [5.41, 5.74) is 0.795. The first-order valence-electron chi connectivity index (χ1n) is 6.86. The number of nitrogens with zero attached hydrogens (tertiary/aromatic N) is 1. The van der Waals surface area contributed by atoms with Crippen molar-refractivity contribution in [1.82, 2.24) is 9.62 Å². The summed E-state index contributed by atoms with van der Waals surface area (Å²) >= 11 is 3.36. The van der Waals surface area contributed by atoms with Crippen LogP contribution in [0.3, 0.4) is 0 Å². The summed E-state index contributed by atoms with van der Waals surface area (Å²) in [5.74, 6) is 0.399. The number of benzene rings is 1. The van der Waals surface area contributed by atoms with Gasteiger partial charge in [-0.1, -0.05) is 22.0 Å². The van der Waals surface area contributed by atoms with E-state index in [0.29, 0.717) is 23.9 Å². The van der Waals surface area contributed by atoms with Gasteiger partial charge in [0.05, 0.1) is 4.90 Å². The van der Waals surface area contributed by atoms with Gasteiger partial charge in [-0.2, -0.15) is 4.31 Å². The van der Waals surface area contributed by atoms with Crippen LogP contribution in [0.15, 0.2) is 27.6 Å². The van der Waals surface area contributed by atoms with E-state index in [1.807, 2.05) is 26.1 Å². The lowest BCUT2D eigenvalue weighted by Crippen LogP contribution is -2.42. The van der Waals surface area contributed by atoms with Gasteiger partial charge in [-0.15, -0.1) is 0 Å². The van der Waals surface area contributed by atoms with Crippen LogP contribution in [0.5, 0.6) is 0 Å². The first-order chi connectivity index (χ1) is 9.45. The summed E-state index contributed by atoms with van der Waals surface area (Å²) in [6, 6.07) is 5.41. The Morgan fingerprint density at radius 2 is 2.20 bits per heavy atom. The van der Waals surface area contributed by atoms with Gasteiger partial charge >= 0.3 is 0 Å². The number of aryl methyl sites for hydroxylation is 1. The molecule has 1 atom stereocenters. The molecule has 1 aromatic carbocycles. The van der Waals surface area contributed by atoms with Crippen molar-refractivity contribution in [3.05, 3.63) is 28.2 Å². The largest absolute Gasteiger partial charge is 0.319 e. The highest BCUT2D eigenvalue weighted by atomic mass is 79.9. The molecule has 0 radical (unpaired) electrons. The molecule has 0 bridgehead atoms. The van der Waals surface area contributed by atoms with Gasteiger partial charge in [0, 0.05) is 17.6 Å². The van der Waals surface area contributed by atoms with Gasteiger partial charge in [0.25, 0.3) is 0 Å². The Kier molecular flexibility index (Phi) is 5.23.